The van der Waals surface area contributed by atoms with E-state index >= 15 is 0 Å². The van der Waals surface area contributed by atoms with Crippen LogP contribution in [-0.2, 0) is 11.4 Å². The summed E-state index contributed by atoms with van der Waals surface area (Å²) in [6.07, 6.45) is 1.70. The molecule has 3 aromatic carbocycles. The minimum absolute atomic E-state index is 0.261. The lowest BCUT2D eigenvalue weighted by molar-refractivity contribution is -0.115. The van der Waals surface area contributed by atoms with Crippen LogP contribution in [-0.4, -0.2) is 11.1 Å². The Morgan fingerprint density at radius 2 is 1.71 bits per heavy atom. The zero-order chi connectivity index (χ0) is 21.8. The molecule has 0 radical (unpaired) electrons. The van der Waals surface area contributed by atoms with Crippen molar-refractivity contribution in [1.29, 1.82) is 0 Å². The first-order valence-corrected chi connectivity index (χ1v) is 11.1. The molecule has 1 aliphatic rings. The molecule has 31 heavy (non-hydrogen) atoms. The molecule has 0 unspecified atom stereocenters. The number of amidine groups is 1. The van der Waals surface area contributed by atoms with E-state index in [0.29, 0.717) is 48.7 Å². The van der Waals surface area contributed by atoms with Gasteiger partial charge in [0, 0.05) is 15.6 Å². The quantitative estimate of drug-likeness (QED) is 0.388. The average molecular weight is 490 g/mol. The van der Waals surface area contributed by atoms with Crippen molar-refractivity contribution in [2.24, 2.45) is 4.99 Å². The maximum absolute atomic E-state index is 12.5. The molecule has 0 saturated carbocycles. The Bertz CT molecular complexity index is 1180. The fourth-order valence-corrected chi connectivity index (χ4v) is 4.35. The molecule has 3 aromatic rings. The number of nitrogens with one attached hydrogen (secondary N) is 1. The first-order chi connectivity index (χ1) is 15.0. The van der Waals surface area contributed by atoms with Crippen LogP contribution >= 0.6 is 46.6 Å². The van der Waals surface area contributed by atoms with Crippen LogP contribution in [0.5, 0.6) is 5.75 Å². The molecule has 0 bridgehead atoms. The molecular weight excluding hydrogens is 475 g/mol. The second-order valence-electron chi connectivity index (χ2n) is 6.54. The molecule has 1 fully saturated rings. The summed E-state index contributed by atoms with van der Waals surface area (Å²) in [5, 5.41) is 4.67. The summed E-state index contributed by atoms with van der Waals surface area (Å²) >= 11 is 19.7. The van der Waals surface area contributed by atoms with Crippen LogP contribution in [0, 0.1) is 0 Å². The summed E-state index contributed by atoms with van der Waals surface area (Å²) in [6, 6.07) is 20.1. The van der Waals surface area contributed by atoms with Gasteiger partial charge in [0.05, 0.1) is 15.6 Å². The van der Waals surface area contributed by atoms with Gasteiger partial charge in [-0.1, -0.05) is 65.1 Å². The highest BCUT2D eigenvalue weighted by molar-refractivity contribution is 8.18. The van der Waals surface area contributed by atoms with Gasteiger partial charge in [-0.05, 0) is 59.8 Å². The van der Waals surface area contributed by atoms with Gasteiger partial charge in [0.1, 0.15) is 12.4 Å². The van der Waals surface area contributed by atoms with Crippen LogP contribution in [0.1, 0.15) is 11.1 Å². The Morgan fingerprint density at radius 3 is 2.45 bits per heavy atom. The summed E-state index contributed by atoms with van der Waals surface area (Å²) in [5.74, 6) is 0.196. The van der Waals surface area contributed by atoms with Crippen molar-refractivity contribution < 1.29 is 9.53 Å². The summed E-state index contributed by atoms with van der Waals surface area (Å²) in [6.45, 7) is 0.334. The fraction of sp³-hybridized carbons (Fsp3) is 0.0435. The monoisotopic (exact) mass is 488 g/mol. The molecule has 1 aliphatic heterocycles. The third kappa shape index (κ3) is 5.63. The first-order valence-electron chi connectivity index (χ1n) is 9.19. The van der Waals surface area contributed by atoms with Crippen LogP contribution in [0.25, 0.3) is 6.08 Å². The zero-order valence-electron chi connectivity index (χ0n) is 15.9. The van der Waals surface area contributed by atoms with Gasteiger partial charge >= 0.3 is 0 Å². The number of carbonyl (C=O) groups is 1. The maximum Gasteiger partial charge on any atom is 0.264 e. The van der Waals surface area contributed by atoms with E-state index in [0.717, 1.165) is 5.56 Å². The zero-order valence-corrected chi connectivity index (χ0v) is 19.0. The number of carbonyl (C=O) groups excluding carboxylic acids is 1. The van der Waals surface area contributed by atoms with E-state index in [9.17, 15) is 4.79 Å². The number of rotatable bonds is 5. The van der Waals surface area contributed by atoms with E-state index in [2.05, 4.69) is 10.3 Å². The van der Waals surface area contributed by atoms with Crippen molar-refractivity contribution in [3.05, 3.63) is 97.8 Å². The standard InChI is InChI=1S/C23H15Cl3N2O2S/c24-16-6-8-18(9-7-16)27-23-28-22(29)20(31-23)11-15-10-17(25)12-19(26)21(15)30-13-14-4-2-1-3-5-14/h1-12H,13H2,(H,27,28,29)/b20-11-. The minimum atomic E-state index is -0.261. The number of hydrogen-bond acceptors (Lipinski definition) is 4. The van der Waals surface area contributed by atoms with Gasteiger partial charge in [0.25, 0.3) is 5.91 Å². The highest BCUT2D eigenvalue weighted by Gasteiger charge is 2.25. The Balaban J connectivity index is 1.60. The van der Waals surface area contributed by atoms with Crippen LogP contribution in [0.15, 0.2) is 76.6 Å². The predicted molar refractivity (Wildman–Crippen MR) is 129 cm³/mol. The third-order valence-electron chi connectivity index (χ3n) is 4.26. The third-order valence-corrected chi connectivity index (χ3v) is 5.92. The lowest BCUT2D eigenvalue weighted by Gasteiger charge is -2.12. The Hall–Kier alpha value is -2.44. The van der Waals surface area contributed by atoms with Gasteiger partial charge in [-0.15, -0.1) is 0 Å². The number of ether oxygens (including phenoxy) is 1. The van der Waals surface area contributed by atoms with Crippen molar-refractivity contribution in [3.8, 4) is 5.75 Å². The Morgan fingerprint density at radius 1 is 0.968 bits per heavy atom. The van der Waals surface area contributed by atoms with Gasteiger partial charge < -0.3 is 10.1 Å². The number of hydrogen-bond donors (Lipinski definition) is 1. The maximum atomic E-state index is 12.5. The molecule has 0 aromatic heterocycles. The molecular formula is C23H15Cl3N2O2S. The van der Waals surface area contributed by atoms with Crippen molar-refractivity contribution in [2.75, 3.05) is 0 Å². The van der Waals surface area contributed by atoms with Gasteiger partial charge in [-0.2, -0.15) is 0 Å². The van der Waals surface area contributed by atoms with Crippen LogP contribution in [0.3, 0.4) is 0 Å². The molecule has 156 valence electrons. The van der Waals surface area contributed by atoms with Gasteiger partial charge in [-0.3, -0.25) is 4.79 Å². The molecule has 0 atom stereocenters. The molecule has 0 spiro atoms. The van der Waals surface area contributed by atoms with E-state index in [-0.39, 0.29) is 5.91 Å². The molecule has 1 heterocycles. The smallest absolute Gasteiger partial charge is 0.264 e. The highest BCUT2D eigenvalue weighted by atomic mass is 35.5. The average Bonchev–Trinajstić information content (AvgIpc) is 3.08. The molecule has 4 nitrogen and oxygen atoms in total. The Kier molecular flexibility index (Phi) is 6.88. The van der Waals surface area contributed by atoms with Crippen molar-refractivity contribution in [1.82, 2.24) is 5.32 Å². The summed E-state index contributed by atoms with van der Waals surface area (Å²) in [4.78, 5) is 17.4. The molecule has 8 heteroatoms. The van der Waals surface area contributed by atoms with Crippen molar-refractivity contribution in [2.45, 2.75) is 6.61 Å². The molecule has 1 N–H and O–H groups in total. The van der Waals surface area contributed by atoms with E-state index in [1.165, 1.54) is 11.8 Å². The highest BCUT2D eigenvalue weighted by Crippen LogP contribution is 2.37. The largest absolute Gasteiger partial charge is 0.487 e. The van der Waals surface area contributed by atoms with E-state index < -0.39 is 0 Å². The SMILES string of the molecule is O=C1NC(=Nc2ccc(Cl)cc2)S/C1=C\c1cc(Cl)cc(Cl)c1OCc1ccccc1. The van der Waals surface area contributed by atoms with Gasteiger partial charge in [0.2, 0.25) is 0 Å². The lowest BCUT2D eigenvalue weighted by Crippen LogP contribution is -2.19. The topological polar surface area (TPSA) is 50.7 Å². The first kappa shape index (κ1) is 21.8. The second kappa shape index (κ2) is 9.79. The molecule has 1 saturated heterocycles. The predicted octanol–water partition coefficient (Wildman–Crippen LogP) is 7.12. The number of halogens is 3. The lowest BCUT2D eigenvalue weighted by atomic mass is 10.1. The normalized spacial score (nSPS) is 16.0. The minimum Gasteiger partial charge on any atom is -0.487 e. The van der Waals surface area contributed by atoms with Crippen LogP contribution < -0.4 is 10.1 Å². The van der Waals surface area contributed by atoms with Crippen molar-refractivity contribution >= 4 is 69.4 Å². The number of amides is 1. The van der Waals surface area contributed by atoms with E-state index in [1.807, 2.05) is 30.3 Å². The number of aliphatic imine (C=N–C) groups is 1. The van der Waals surface area contributed by atoms with Crippen LogP contribution in [0.4, 0.5) is 5.69 Å². The molecule has 1 amide bonds. The molecule has 4 rings (SSSR count). The number of nitrogens with zero attached hydrogens (tertiary/aromatic N) is 1. The van der Waals surface area contributed by atoms with E-state index in [4.69, 9.17) is 39.5 Å². The van der Waals surface area contributed by atoms with Gasteiger partial charge in [-0.25, -0.2) is 4.99 Å². The fourth-order valence-electron chi connectivity index (χ4n) is 2.82. The number of benzene rings is 3. The van der Waals surface area contributed by atoms with Crippen LogP contribution in [0.2, 0.25) is 15.1 Å². The van der Waals surface area contributed by atoms with Gasteiger partial charge in [0.15, 0.2) is 5.17 Å². The molecule has 0 aliphatic carbocycles. The summed E-state index contributed by atoms with van der Waals surface area (Å²) < 4.78 is 5.97. The second-order valence-corrected chi connectivity index (χ2v) is 8.85. The summed E-state index contributed by atoms with van der Waals surface area (Å²) in [5.41, 5.74) is 2.29. The number of thioether (sulfide) groups is 1. The van der Waals surface area contributed by atoms with E-state index in [1.54, 1.807) is 42.5 Å². The Labute approximate surface area is 198 Å². The summed E-state index contributed by atoms with van der Waals surface area (Å²) in [7, 11) is 0. The van der Waals surface area contributed by atoms with Crippen molar-refractivity contribution in [3.63, 3.8) is 0 Å².